The summed E-state index contributed by atoms with van der Waals surface area (Å²) in [5.74, 6) is 2.56. The lowest BCUT2D eigenvalue weighted by molar-refractivity contribution is 0.174. The van der Waals surface area contributed by atoms with Crippen molar-refractivity contribution < 1.29 is 9.47 Å². The van der Waals surface area contributed by atoms with Gasteiger partial charge in [-0.25, -0.2) is 0 Å². The number of rotatable bonds is 3. The maximum absolute atomic E-state index is 5.48. The Morgan fingerprint density at radius 2 is 1.55 bits per heavy atom. The molecule has 0 saturated heterocycles. The van der Waals surface area contributed by atoms with E-state index in [4.69, 9.17) is 9.47 Å². The van der Waals surface area contributed by atoms with E-state index >= 15 is 0 Å². The third-order valence-electron chi connectivity index (χ3n) is 4.21. The van der Waals surface area contributed by atoms with Gasteiger partial charge in [0.2, 0.25) is 6.79 Å². The minimum Gasteiger partial charge on any atom is -0.454 e. The molecule has 3 rings (SSSR count). The number of halogens is 1. The molecule has 0 aromatic heterocycles. The van der Waals surface area contributed by atoms with Crippen LogP contribution >= 0.6 is 27.7 Å². The molecule has 0 unspecified atom stereocenters. The predicted molar refractivity (Wildman–Crippen MR) is 95.2 cm³/mol. The fraction of sp³-hybridized carbons (Fsp3) is 0.333. The van der Waals surface area contributed by atoms with Gasteiger partial charge in [0.05, 0.1) is 0 Å². The van der Waals surface area contributed by atoms with E-state index in [2.05, 4.69) is 55.8 Å². The Balaban J connectivity index is 1.88. The van der Waals surface area contributed by atoms with Crippen LogP contribution in [-0.2, 0) is 5.75 Å². The van der Waals surface area contributed by atoms with Crippen LogP contribution in [-0.4, -0.2) is 6.79 Å². The molecular formula is C18H19BrO2S. The lowest BCUT2D eigenvalue weighted by Crippen LogP contribution is -1.94. The molecular weight excluding hydrogens is 360 g/mol. The van der Waals surface area contributed by atoms with Gasteiger partial charge in [0.25, 0.3) is 0 Å². The Hall–Kier alpha value is -1.13. The van der Waals surface area contributed by atoms with Crippen molar-refractivity contribution in [1.82, 2.24) is 0 Å². The summed E-state index contributed by atoms with van der Waals surface area (Å²) in [7, 11) is 0. The molecule has 1 aliphatic heterocycles. The highest BCUT2D eigenvalue weighted by molar-refractivity contribution is 9.10. The van der Waals surface area contributed by atoms with Gasteiger partial charge in [0.1, 0.15) is 0 Å². The van der Waals surface area contributed by atoms with Crippen LogP contribution in [0.4, 0.5) is 0 Å². The third kappa shape index (κ3) is 2.86. The average Bonchev–Trinajstić information content (AvgIpc) is 2.92. The number of hydrogen-bond donors (Lipinski definition) is 0. The van der Waals surface area contributed by atoms with Crippen molar-refractivity contribution in [3.63, 3.8) is 0 Å². The first kappa shape index (κ1) is 15.8. The highest BCUT2D eigenvalue weighted by Crippen LogP contribution is 2.40. The van der Waals surface area contributed by atoms with E-state index in [0.29, 0.717) is 6.79 Å². The molecule has 0 atom stereocenters. The molecule has 4 heteroatoms. The number of hydrogen-bond acceptors (Lipinski definition) is 3. The summed E-state index contributed by atoms with van der Waals surface area (Å²) in [5, 5.41) is 0. The molecule has 0 amide bonds. The minimum atomic E-state index is 0.313. The largest absolute Gasteiger partial charge is 0.454 e. The van der Waals surface area contributed by atoms with Gasteiger partial charge in [-0.3, -0.25) is 0 Å². The Labute approximate surface area is 144 Å². The summed E-state index contributed by atoms with van der Waals surface area (Å²) >= 11 is 5.53. The fourth-order valence-corrected chi connectivity index (χ4v) is 4.56. The van der Waals surface area contributed by atoms with Crippen molar-refractivity contribution in [2.45, 2.75) is 38.3 Å². The van der Waals surface area contributed by atoms with Crippen LogP contribution in [0, 0.1) is 27.7 Å². The van der Waals surface area contributed by atoms with Crippen molar-refractivity contribution in [2.75, 3.05) is 6.79 Å². The lowest BCUT2D eigenvalue weighted by Gasteiger charge is -2.15. The zero-order valence-electron chi connectivity index (χ0n) is 13.2. The first-order valence-electron chi connectivity index (χ1n) is 7.25. The highest BCUT2D eigenvalue weighted by Gasteiger charge is 2.17. The second-order valence-corrected chi connectivity index (χ2v) is 7.51. The Morgan fingerprint density at radius 3 is 2.18 bits per heavy atom. The van der Waals surface area contributed by atoms with Crippen molar-refractivity contribution in [3.05, 3.63) is 50.5 Å². The van der Waals surface area contributed by atoms with Gasteiger partial charge in [-0.15, -0.1) is 11.8 Å². The molecule has 0 spiro atoms. The zero-order valence-corrected chi connectivity index (χ0v) is 15.7. The Kier molecular flexibility index (Phi) is 4.42. The van der Waals surface area contributed by atoms with Gasteiger partial charge in [-0.05, 0) is 67.6 Å². The summed E-state index contributed by atoms with van der Waals surface area (Å²) in [6, 6.07) is 6.34. The third-order valence-corrected chi connectivity index (χ3v) is 6.31. The lowest BCUT2D eigenvalue weighted by atomic mass is 10.0. The molecule has 0 bridgehead atoms. The van der Waals surface area contributed by atoms with E-state index in [1.54, 1.807) is 0 Å². The second-order valence-electron chi connectivity index (χ2n) is 5.68. The Bertz CT molecular complexity index is 714. The van der Waals surface area contributed by atoms with Gasteiger partial charge < -0.3 is 9.47 Å². The smallest absolute Gasteiger partial charge is 0.231 e. The molecule has 1 aliphatic rings. The topological polar surface area (TPSA) is 18.5 Å². The minimum absolute atomic E-state index is 0.313. The number of ether oxygens (including phenoxy) is 2. The van der Waals surface area contributed by atoms with Crippen molar-refractivity contribution in [1.29, 1.82) is 0 Å². The quantitative estimate of drug-likeness (QED) is 0.637. The van der Waals surface area contributed by atoms with Crippen molar-refractivity contribution in [2.24, 2.45) is 0 Å². The Morgan fingerprint density at radius 1 is 0.955 bits per heavy atom. The maximum Gasteiger partial charge on any atom is 0.231 e. The molecule has 22 heavy (non-hydrogen) atoms. The van der Waals surface area contributed by atoms with Gasteiger partial charge in [0.15, 0.2) is 11.5 Å². The summed E-state index contributed by atoms with van der Waals surface area (Å²) in [6.45, 7) is 9.09. The van der Waals surface area contributed by atoms with Gasteiger partial charge in [-0.2, -0.15) is 0 Å². The van der Waals surface area contributed by atoms with Crippen LogP contribution in [0.15, 0.2) is 27.6 Å². The molecule has 0 aliphatic carbocycles. The van der Waals surface area contributed by atoms with Crippen molar-refractivity contribution in [3.8, 4) is 11.5 Å². The van der Waals surface area contributed by atoms with E-state index in [0.717, 1.165) is 21.7 Å². The normalized spacial score (nSPS) is 12.8. The maximum atomic E-state index is 5.48. The molecule has 0 saturated carbocycles. The zero-order chi connectivity index (χ0) is 15.9. The van der Waals surface area contributed by atoms with Gasteiger partial charge in [-0.1, -0.05) is 22.0 Å². The molecule has 2 aromatic rings. The molecule has 0 N–H and O–H groups in total. The fourth-order valence-electron chi connectivity index (χ4n) is 2.62. The SMILES string of the molecule is Cc1cc(C)c(C)c(SCc2cc3c(cc2Br)OCO3)c1C. The molecule has 2 nitrogen and oxygen atoms in total. The van der Waals surface area contributed by atoms with Crippen molar-refractivity contribution >= 4 is 27.7 Å². The monoisotopic (exact) mass is 378 g/mol. The highest BCUT2D eigenvalue weighted by atomic mass is 79.9. The average molecular weight is 379 g/mol. The van der Waals surface area contributed by atoms with Crippen LogP contribution < -0.4 is 9.47 Å². The number of benzene rings is 2. The van der Waals surface area contributed by atoms with Gasteiger partial charge in [0, 0.05) is 15.1 Å². The molecule has 0 fully saturated rings. The first-order chi connectivity index (χ1) is 10.5. The summed E-state index contributed by atoms with van der Waals surface area (Å²) in [4.78, 5) is 1.39. The van der Waals surface area contributed by atoms with Crippen LogP contribution in [0.25, 0.3) is 0 Å². The van der Waals surface area contributed by atoms with Crippen LogP contribution in [0.2, 0.25) is 0 Å². The van der Waals surface area contributed by atoms with E-state index in [9.17, 15) is 0 Å². The number of aryl methyl sites for hydroxylation is 2. The van der Waals surface area contributed by atoms with Crippen LogP contribution in [0.5, 0.6) is 11.5 Å². The molecule has 2 aromatic carbocycles. The van der Waals surface area contributed by atoms with Crippen LogP contribution in [0.3, 0.4) is 0 Å². The standard InChI is InChI=1S/C18H19BrO2S/c1-10-5-11(2)13(4)18(12(10)3)22-8-14-6-16-17(7-15(14)19)21-9-20-16/h5-7H,8-9H2,1-4H3. The van der Waals surface area contributed by atoms with Crippen LogP contribution in [0.1, 0.15) is 27.8 Å². The summed E-state index contributed by atoms with van der Waals surface area (Å²) < 4.78 is 12.0. The van der Waals surface area contributed by atoms with E-state index in [-0.39, 0.29) is 0 Å². The van der Waals surface area contributed by atoms with Gasteiger partial charge >= 0.3 is 0 Å². The summed E-state index contributed by atoms with van der Waals surface area (Å²) in [5.41, 5.74) is 6.70. The second kappa shape index (κ2) is 6.17. The van der Waals surface area contributed by atoms with E-state index in [1.807, 2.05) is 17.8 Å². The number of fused-ring (bicyclic) bond motifs is 1. The predicted octanol–water partition coefficient (Wildman–Crippen LogP) is 5.70. The number of thioether (sulfide) groups is 1. The molecule has 0 radical (unpaired) electrons. The van der Waals surface area contributed by atoms with E-state index in [1.165, 1.54) is 32.7 Å². The van der Waals surface area contributed by atoms with E-state index < -0.39 is 0 Å². The first-order valence-corrected chi connectivity index (χ1v) is 9.03. The molecule has 116 valence electrons. The summed E-state index contributed by atoms with van der Waals surface area (Å²) in [6.07, 6.45) is 0. The molecule has 1 heterocycles.